The molecule has 0 spiro atoms. The largest absolute Gasteiger partial charge is 0.459 e. The summed E-state index contributed by atoms with van der Waals surface area (Å²) in [6.45, 7) is 2.14. The first-order valence-corrected chi connectivity index (χ1v) is 11.9. The van der Waals surface area contributed by atoms with Crippen molar-refractivity contribution in [3.63, 3.8) is 0 Å². The molecule has 33 heavy (non-hydrogen) atoms. The molecule has 0 radical (unpaired) electrons. The summed E-state index contributed by atoms with van der Waals surface area (Å²) in [6.07, 6.45) is 2.77. The van der Waals surface area contributed by atoms with Crippen molar-refractivity contribution >= 4 is 46.2 Å². The van der Waals surface area contributed by atoms with E-state index in [2.05, 4.69) is 46.4 Å². The average Bonchev–Trinajstić information content (AvgIpc) is 3.46. The van der Waals surface area contributed by atoms with Crippen molar-refractivity contribution in [3.05, 3.63) is 106 Å². The third-order valence-corrected chi connectivity index (χ3v) is 6.90. The lowest BCUT2D eigenvalue weighted by Gasteiger charge is -2.26. The number of aryl methyl sites for hydroxylation is 1. The molecule has 2 aromatic carbocycles. The van der Waals surface area contributed by atoms with Gasteiger partial charge in [0.2, 0.25) is 0 Å². The van der Waals surface area contributed by atoms with Gasteiger partial charge in [0.25, 0.3) is 0 Å². The Bertz CT molecular complexity index is 1290. The lowest BCUT2D eigenvalue weighted by Crippen LogP contribution is -2.29. The summed E-state index contributed by atoms with van der Waals surface area (Å²) >= 11 is 18.1. The summed E-state index contributed by atoms with van der Waals surface area (Å²) < 4.78 is 6.37. The average molecular weight is 494 g/mol. The Morgan fingerprint density at radius 1 is 1.00 bits per heavy atom. The van der Waals surface area contributed by atoms with Gasteiger partial charge in [-0.15, -0.1) is 0 Å². The molecule has 1 aliphatic rings. The van der Waals surface area contributed by atoms with E-state index >= 15 is 0 Å². The molecule has 4 aromatic rings. The molecule has 2 atom stereocenters. The van der Waals surface area contributed by atoms with Crippen molar-refractivity contribution in [2.24, 2.45) is 0 Å². The molecule has 1 aliphatic heterocycles. The first-order valence-electron chi connectivity index (χ1n) is 10.7. The van der Waals surface area contributed by atoms with Crippen molar-refractivity contribution in [1.29, 1.82) is 0 Å². The van der Waals surface area contributed by atoms with E-state index in [1.54, 1.807) is 12.3 Å². The number of nitrogens with one attached hydrogen (secondary N) is 1. The third-order valence-electron chi connectivity index (χ3n) is 5.84. The number of thiocarbonyl (C=S) groups is 1. The highest BCUT2D eigenvalue weighted by Crippen LogP contribution is 2.43. The van der Waals surface area contributed by atoms with Gasteiger partial charge in [0.15, 0.2) is 5.11 Å². The minimum Gasteiger partial charge on any atom is -0.459 e. The lowest BCUT2D eigenvalue weighted by atomic mass is 10.0. The van der Waals surface area contributed by atoms with Gasteiger partial charge in [-0.05, 0) is 78.8 Å². The smallest absolute Gasteiger partial charge is 0.174 e. The molecule has 2 unspecified atom stereocenters. The molecule has 0 aliphatic carbocycles. The predicted octanol–water partition coefficient (Wildman–Crippen LogP) is 7.39. The van der Waals surface area contributed by atoms with Crippen LogP contribution in [0.25, 0.3) is 11.3 Å². The highest BCUT2D eigenvalue weighted by atomic mass is 35.5. The maximum atomic E-state index is 6.37. The van der Waals surface area contributed by atoms with Gasteiger partial charge in [-0.3, -0.25) is 4.98 Å². The number of halogens is 2. The summed E-state index contributed by atoms with van der Waals surface area (Å²) in [5, 5.41) is 5.08. The van der Waals surface area contributed by atoms with E-state index in [-0.39, 0.29) is 12.1 Å². The van der Waals surface area contributed by atoms with Gasteiger partial charge in [-0.25, -0.2) is 0 Å². The first-order chi connectivity index (χ1) is 16.0. The maximum Gasteiger partial charge on any atom is 0.174 e. The quantitative estimate of drug-likeness (QED) is 0.293. The molecule has 1 saturated heterocycles. The fourth-order valence-electron chi connectivity index (χ4n) is 4.13. The minimum atomic E-state index is -0.212. The van der Waals surface area contributed by atoms with Gasteiger partial charge in [0, 0.05) is 17.4 Å². The number of furan rings is 1. The Labute approximate surface area is 208 Å². The van der Waals surface area contributed by atoms with Crippen LogP contribution >= 0.6 is 35.4 Å². The summed E-state index contributed by atoms with van der Waals surface area (Å²) in [5.41, 5.74) is 4.03. The zero-order valence-corrected chi connectivity index (χ0v) is 20.2. The fourth-order valence-corrected chi connectivity index (χ4v) is 4.77. The molecule has 1 fully saturated rings. The number of rotatable bonds is 5. The molecule has 4 nitrogen and oxygen atoms in total. The highest BCUT2D eigenvalue weighted by molar-refractivity contribution is 7.80. The highest BCUT2D eigenvalue weighted by Gasteiger charge is 2.42. The van der Waals surface area contributed by atoms with Gasteiger partial charge >= 0.3 is 0 Å². The van der Waals surface area contributed by atoms with Crippen LogP contribution in [0.15, 0.2) is 83.4 Å². The number of hydrogen-bond donors (Lipinski definition) is 1. The van der Waals surface area contributed by atoms with Crippen LogP contribution in [0, 0.1) is 0 Å². The Hall–Kier alpha value is -2.86. The van der Waals surface area contributed by atoms with E-state index < -0.39 is 0 Å². The van der Waals surface area contributed by atoms with Crippen LogP contribution in [-0.4, -0.2) is 10.1 Å². The SMILES string of the molecule is CCc1ccc(N2C(=S)NC(c3ccccn3)C2c2ccc(-c3ccc(Cl)c(Cl)c3)o2)cc1. The minimum absolute atomic E-state index is 0.169. The molecule has 0 saturated carbocycles. The number of hydrogen-bond acceptors (Lipinski definition) is 3. The molecule has 5 rings (SSSR count). The molecule has 166 valence electrons. The molecule has 3 heterocycles. The van der Waals surface area contributed by atoms with Crippen LogP contribution in [0.4, 0.5) is 5.69 Å². The Morgan fingerprint density at radius 2 is 1.82 bits per heavy atom. The third kappa shape index (κ3) is 4.24. The van der Waals surface area contributed by atoms with E-state index in [4.69, 9.17) is 39.8 Å². The van der Waals surface area contributed by atoms with Crippen molar-refractivity contribution in [2.75, 3.05) is 4.90 Å². The number of aromatic nitrogens is 1. The molecule has 0 amide bonds. The monoisotopic (exact) mass is 493 g/mol. The molecule has 2 aromatic heterocycles. The summed E-state index contributed by atoms with van der Waals surface area (Å²) in [5.74, 6) is 1.49. The van der Waals surface area contributed by atoms with Crippen LogP contribution in [-0.2, 0) is 6.42 Å². The molecule has 7 heteroatoms. The molecular formula is C26H21Cl2N3OS. The maximum absolute atomic E-state index is 6.37. The first kappa shape index (κ1) is 22.0. The molecule has 0 bridgehead atoms. The second kappa shape index (κ2) is 9.18. The van der Waals surface area contributed by atoms with Crippen LogP contribution in [0.1, 0.15) is 36.0 Å². The van der Waals surface area contributed by atoms with Crippen LogP contribution in [0.3, 0.4) is 0 Å². The van der Waals surface area contributed by atoms with Crippen LogP contribution in [0.2, 0.25) is 10.0 Å². The normalized spacial score (nSPS) is 17.9. The second-order valence-corrected chi connectivity index (χ2v) is 9.05. The van der Waals surface area contributed by atoms with E-state index in [0.717, 1.165) is 29.1 Å². The van der Waals surface area contributed by atoms with Gasteiger partial charge in [-0.2, -0.15) is 0 Å². The second-order valence-electron chi connectivity index (χ2n) is 7.85. The summed E-state index contributed by atoms with van der Waals surface area (Å²) in [7, 11) is 0. The van der Waals surface area contributed by atoms with E-state index in [9.17, 15) is 0 Å². The topological polar surface area (TPSA) is 41.3 Å². The van der Waals surface area contributed by atoms with Crippen LogP contribution < -0.4 is 10.2 Å². The van der Waals surface area contributed by atoms with E-state index in [1.165, 1.54) is 5.56 Å². The van der Waals surface area contributed by atoms with Crippen molar-refractivity contribution in [2.45, 2.75) is 25.4 Å². The van der Waals surface area contributed by atoms with Crippen LogP contribution in [0.5, 0.6) is 0 Å². The fraction of sp³-hybridized carbons (Fsp3) is 0.154. The van der Waals surface area contributed by atoms with Gasteiger partial charge in [-0.1, -0.05) is 48.3 Å². The molecule has 1 N–H and O–H groups in total. The zero-order valence-electron chi connectivity index (χ0n) is 17.8. The standard InChI is InChI=1S/C26H21Cl2N3OS/c1-2-16-6-9-18(10-7-16)31-25(24(30-26(31)33)21-5-3-4-14-29-21)23-13-12-22(32-23)17-8-11-19(27)20(28)15-17/h3-15,24-25H,2H2,1H3,(H,30,33). The van der Waals surface area contributed by atoms with Gasteiger partial charge < -0.3 is 14.6 Å². The number of nitrogens with zero attached hydrogens (tertiary/aromatic N) is 2. The number of pyridine rings is 1. The van der Waals surface area contributed by atoms with Crippen molar-refractivity contribution in [3.8, 4) is 11.3 Å². The zero-order chi connectivity index (χ0) is 22.9. The summed E-state index contributed by atoms with van der Waals surface area (Å²) in [6, 6.07) is 23.4. The lowest BCUT2D eigenvalue weighted by molar-refractivity contribution is 0.439. The number of benzene rings is 2. The Balaban J connectivity index is 1.58. The van der Waals surface area contributed by atoms with E-state index in [0.29, 0.717) is 20.9 Å². The predicted molar refractivity (Wildman–Crippen MR) is 138 cm³/mol. The van der Waals surface area contributed by atoms with Gasteiger partial charge in [0.1, 0.15) is 17.6 Å². The van der Waals surface area contributed by atoms with E-state index in [1.807, 2.05) is 42.5 Å². The van der Waals surface area contributed by atoms with Crippen molar-refractivity contribution < 1.29 is 4.42 Å². The molecular weight excluding hydrogens is 473 g/mol. The Morgan fingerprint density at radius 3 is 2.52 bits per heavy atom. The Kier molecular flexibility index (Phi) is 6.11. The summed E-state index contributed by atoms with van der Waals surface area (Å²) in [4.78, 5) is 6.69. The van der Waals surface area contributed by atoms with Gasteiger partial charge in [0.05, 0.1) is 21.8 Å². The van der Waals surface area contributed by atoms with Crippen molar-refractivity contribution in [1.82, 2.24) is 10.3 Å². The number of anilines is 1.